The number of aliphatic hydroxyl groups excluding tert-OH is 1. The van der Waals surface area contributed by atoms with Crippen molar-refractivity contribution in [1.82, 2.24) is 4.90 Å². The van der Waals surface area contributed by atoms with Gasteiger partial charge in [-0.2, -0.15) is 0 Å². The number of carbonyl (C=O) groups is 1. The molecule has 0 aromatic carbocycles. The van der Waals surface area contributed by atoms with Crippen LogP contribution in [-0.4, -0.2) is 40.4 Å². The maximum atomic E-state index is 12.0. The van der Waals surface area contributed by atoms with Crippen LogP contribution >= 0.6 is 0 Å². The Hall–Kier alpha value is -0.770. The lowest BCUT2D eigenvalue weighted by Crippen LogP contribution is -2.51. The molecule has 0 aromatic heterocycles. The first kappa shape index (κ1) is 13.3. The van der Waals surface area contributed by atoms with E-state index in [1.807, 2.05) is 27.7 Å². The van der Waals surface area contributed by atoms with Gasteiger partial charge in [0.1, 0.15) is 5.60 Å². The number of ether oxygens (including phenoxy) is 1. The van der Waals surface area contributed by atoms with Crippen molar-refractivity contribution in [1.29, 1.82) is 0 Å². The van der Waals surface area contributed by atoms with Gasteiger partial charge in [0.2, 0.25) is 0 Å². The fourth-order valence-corrected chi connectivity index (χ4v) is 2.18. The van der Waals surface area contributed by atoms with E-state index in [1.165, 1.54) is 0 Å². The minimum Gasteiger partial charge on any atom is -0.444 e. The smallest absolute Gasteiger partial charge is 0.410 e. The van der Waals surface area contributed by atoms with E-state index in [0.717, 1.165) is 19.3 Å². The molecule has 1 heterocycles. The van der Waals surface area contributed by atoms with Crippen molar-refractivity contribution in [3.8, 4) is 0 Å². The fraction of sp³-hybridized carbons (Fsp3) is 0.917. The second-order valence-electron chi connectivity index (χ2n) is 5.47. The number of amides is 1. The van der Waals surface area contributed by atoms with Gasteiger partial charge in [0.15, 0.2) is 0 Å². The molecule has 4 heteroatoms. The predicted molar refractivity (Wildman–Crippen MR) is 62.3 cm³/mol. The quantitative estimate of drug-likeness (QED) is 0.789. The molecule has 16 heavy (non-hydrogen) atoms. The predicted octanol–water partition coefficient (Wildman–Crippen LogP) is 2.16. The Labute approximate surface area is 97.6 Å². The minimum atomic E-state index is -0.478. The summed E-state index contributed by atoms with van der Waals surface area (Å²) < 4.78 is 5.36. The van der Waals surface area contributed by atoms with Crippen molar-refractivity contribution in [2.75, 3.05) is 13.2 Å². The summed E-state index contributed by atoms with van der Waals surface area (Å²) in [6.07, 6.45) is 2.26. The Bertz CT molecular complexity index is 253. The molecule has 0 spiro atoms. The van der Waals surface area contributed by atoms with Gasteiger partial charge in [0, 0.05) is 6.54 Å². The third kappa shape index (κ3) is 2.67. The van der Waals surface area contributed by atoms with Gasteiger partial charge in [-0.15, -0.1) is 0 Å². The lowest BCUT2D eigenvalue weighted by molar-refractivity contribution is -0.00564. The van der Waals surface area contributed by atoms with Crippen LogP contribution in [0, 0.1) is 0 Å². The fourth-order valence-electron chi connectivity index (χ4n) is 2.18. The number of nitrogens with zero attached hydrogens (tertiary/aromatic N) is 1. The van der Waals surface area contributed by atoms with E-state index in [-0.39, 0.29) is 12.7 Å². The Morgan fingerprint density at radius 3 is 2.56 bits per heavy atom. The zero-order valence-corrected chi connectivity index (χ0v) is 10.7. The van der Waals surface area contributed by atoms with Gasteiger partial charge in [-0.05, 0) is 40.0 Å². The number of carbonyl (C=O) groups excluding carboxylic acids is 1. The topological polar surface area (TPSA) is 49.8 Å². The molecule has 0 saturated carbocycles. The van der Waals surface area contributed by atoms with E-state index in [2.05, 4.69) is 0 Å². The number of hydrogen-bond acceptors (Lipinski definition) is 3. The zero-order valence-electron chi connectivity index (χ0n) is 10.7. The highest BCUT2D eigenvalue weighted by atomic mass is 16.6. The molecule has 0 aliphatic carbocycles. The molecule has 1 aliphatic heterocycles. The van der Waals surface area contributed by atoms with Crippen molar-refractivity contribution < 1.29 is 14.6 Å². The molecule has 1 rings (SSSR count). The lowest BCUT2D eigenvalue weighted by atomic mass is 9.94. The highest BCUT2D eigenvalue weighted by Gasteiger charge is 2.43. The van der Waals surface area contributed by atoms with E-state index in [9.17, 15) is 9.90 Å². The summed E-state index contributed by atoms with van der Waals surface area (Å²) in [6.45, 7) is 8.26. The van der Waals surface area contributed by atoms with Gasteiger partial charge in [0.05, 0.1) is 12.1 Å². The third-order valence-electron chi connectivity index (χ3n) is 3.16. The van der Waals surface area contributed by atoms with Crippen LogP contribution < -0.4 is 0 Å². The Balaban J connectivity index is 2.75. The highest BCUT2D eigenvalue weighted by molar-refractivity contribution is 5.69. The molecule has 0 radical (unpaired) electrons. The van der Waals surface area contributed by atoms with Crippen LogP contribution in [0.4, 0.5) is 4.79 Å². The minimum absolute atomic E-state index is 0.0166. The first-order valence-corrected chi connectivity index (χ1v) is 5.96. The van der Waals surface area contributed by atoms with Crippen LogP contribution in [0.25, 0.3) is 0 Å². The zero-order chi connectivity index (χ0) is 12.4. The molecule has 1 aliphatic rings. The number of aliphatic hydroxyl groups is 1. The van der Waals surface area contributed by atoms with Gasteiger partial charge in [0.25, 0.3) is 0 Å². The van der Waals surface area contributed by atoms with Crippen LogP contribution in [0.15, 0.2) is 0 Å². The number of likely N-dealkylation sites (tertiary alicyclic amines) is 1. The lowest BCUT2D eigenvalue weighted by Gasteiger charge is -2.37. The molecule has 1 saturated heterocycles. The van der Waals surface area contributed by atoms with E-state index in [4.69, 9.17) is 4.74 Å². The number of rotatable bonds is 2. The standard InChI is InChI=1S/C12H23NO3/c1-5-12(9-14)7-6-8-13(12)10(15)16-11(2,3)4/h14H,5-9H2,1-4H3. The van der Waals surface area contributed by atoms with Crippen LogP contribution in [0.1, 0.15) is 47.0 Å². The van der Waals surface area contributed by atoms with Gasteiger partial charge >= 0.3 is 6.09 Å². The summed E-state index contributed by atoms with van der Waals surface area (Å²) >= 11 is 0. The largest absolute Gasteiger partial charge is 0.444 e. The maximum absolute atomic E-state index is 12.0. The summed E-state index contributed by atoms with van der Waals surface area (Å²) in [6, 6.07) is 0. The molecule has 0 bridgehead atoms. The molecule has 1 amide bonds. The normalized spacial score (nSPS) is 25.9. The summed E-state index contributed by atoms with van der Waals surface area (Å²) in [5, 5.41) is 9.48. The Morgan fingerprint density at radius 2 is 2.12 bits per heavy atom. The average molecular weight is 229 g/mol. The molecular formula is C12H23NO3. The molecule has 1 unspecified atom stereocenters. The van der Waals surface area contributed by atoms with E-state index >= 15 is 0 Å². The van der Waals surface area contributed by atoms with Gasteiger partial charge in [-0.3, -0.25) is 0 Å². The summed E-state index contributed by atoms with van der Waals surface area (Å²) in [4.78, 5) is 13.7. The third-order valence-corrected chi connectivity index (χ3v) is 3.16. The molecule has 1 N–H and O–H groups in total. The van der Waals surface area contributed by atoms with Crippen molar-refractivity contribution in [3.63, 3.8) is 0 Å². The molecular weight excluding hydrogens is 206 g/mol. The molecule has 94 valence electrons. The summed E-state index contributed by atoms with van der Waals surface area (Å²) in [5.74, 6) is 0. The van der Waals surface area contributed by atoms with E-state index in [1.54, 1.807) is 4.90 Å². The first-order chi connectivity index (χ1) is 7.34. The van der Waals surface area contributed by atoms with Crippen LogP contribution in [0.5, 0.6) is 0 Å². The second-order valence-corrected chi connectivity index (χ2v) is 5.47. The maximum Gasteiger partial charge on any atom is 0.410 e. The summed E-state index contributed by atoms with van der Waals surface area (Å²) in [7, 11) is 0. The van der Waals surface area contributed by atoms with Crippen molar-refractivity contribution >= 4 is 6.09 Å². The molecule has 1 atom stereocenters. The van der Waals surface area contributed by atoms with E-state index < -0.39 is 11.1 Å². The average Bonchev–Trinajstić information content (AvgIpc) is 2.59. The SMILES string of the molecule is CCC1(CO)CCCN1C(=O)OC(C)(C)C. The van der Waals surface area contributed by atoms with Crippen molar-refractivity contribution in [2.24, 2.45) is 0 Å². The summed E-state index contributed by atoms with van der Waals surface area (Å²) in [5.41, 5.74) is -0.878. The van der Waals surface area contributed by atoms with Crippen molar-refractivity contribution in [2.45, 2.75) is 58.1 Å². The van der Waals surface area contributed by atoms with Gasteiger partial charge in [-0.25, -0.2) is 4.79 Å². The second kappa shape index (κ2) is 4.62. The Morgan fingerprint density at radius 1 is 1.50 bits per heavy atom. The highest BCUT2D eigenvalue weighted by Crippen LogP contribution is 2.33. The van der Waals surface area contributed by atoms with Crippen LogP contribution in [0.2, 0.25) is 0 Å². The van der Waals surface area contributed by atoms with Gasteiger partial charge < -0.3 is 14.7 Å². The molecule has 1 fully saturated rings. The monoisotopic (exact) mass is 229 g/mol. The van der Waals surface area contributed by atoms with Crippen molar-refractivity contribution in [3.05, 3.63) is 0 Å². The van der Waals surface area contributed by atoms with Gasteiger partial charge in [-0.1, -0.05) is 6.92 Å². The molecule has 0 aromatic rings. The van der Waals surface area contributed by atoms with E-state index in [0.29, 0.717) is 6.54 Å². The van der Waals surface area contributed by atoms with Crippen LogP contribution in [-0.2, 0) is 4.74 Å². The molecule has 4 nitrogen and oxygen atoms in total. The number of hydrogen-bond donors (Lipinski definition) is 1. The first-order valence-electron chi connectivity index (χ1n) is 5.96. The van der Waals surface area contributed by atoms with Crippen LogP contribution in [0.3, 0.4) is 0 Å². The Kier molecular flexibility index (Phi) is 3.84.